The summed E-state index contributed by atoms with van der Waals surface area (Å²) in [4.78, 5) is 25.0. The van der Waals surface area contributed by atoms with Gasteiger partial charge in [0.15, 0.2) is 11.9 Å². The van der Waals surface area contributed by atoms with Crippen LogP contribution >= 0.6 is 0 Å². The van der Waals surface area contributed by atoms with Crippen LogP contribution in [-0.2, 0) is 19.1 Å². The van der Waals surface area contributed by atoms with Crippen molar-refractivity contribution in [1.82, 2.24) is 0 Å². The number of aliphatic hydroxyl groups excluding tert-OH is 3. The van der Waals surface area contributed by atoms with Crippen molar-refractivity contribution in [3.63, 3.8) is 0 Å². The minimum Gasteiger partial charge on any atom is -0.460 e. The van der Waals surface area contributed by atoms with Crippen LogP contribution in [-0.4, -0.2) is 79.7 Å². The average molecular weight is 408 g/mol. The van der Waals surface area contributed by atoms with E-state index in [2.05, 4.69) is 6.58 Å². The van der Waals surface area contributed by atoms with E-state index in [9.17, 15) is 35.1 Å². The molecule has 5 rings (SSSR count). The average Bonchev–Trinajstić information content (AvgIpc) is 2.98. The number of carbonyl (C=O) groups is 2. The third-order valence-corrected chi connectivity index (χ3v) is 8.44. The molecular weight excluding hydrogens is 384 g/mol. The fraction of sp³-hybridized carbons (Fsp3) is 0.700. The predicted octanol–water partition coefficient (Wildman–Crippen LogP) is -1.83. The lowest BCUT2D eigenvalue weighted by Crippen LogP contribution is -2.82. The molecule has 2 aliphatic heterocycles. The quantitative estimate of drug-likeness (QED) is 0.230. The minimum atomic E-state index is -2.37. The first-order valence-corrected chi connectivity index (χ1v) is 9.63. The Balaban J connectivity index is 1.85. The van der Waals surface area contributed by atoms with Crippen LogP contribution in [0.3, 0.4) is 0 Å². The van der Waals surface area contributed by atoms with E-state index in [1.54, 1.807) is 13.8 Å². The summed E-state index contributed by atoms with van der Waals surface area (Å²) in [5.74, 6) is -5.66. The first kappa shape index (κ1) is 19.3. The summed E-state index contributed by atoms with van der Waals surface area (Å²) in [6, 6.07) is 0. The Hall–Kier alpha value is -1.62. The zero-order valence-corrected chi connectivity index (χ0v) is 16.0. The van der Waals surface area contributed by atoms with Crippen LogP contribution in [0.1, 0.15) is 20.3 Å². The molecule has 3 aliphatic carbocycles. The lowest BCUT2D eigenvalue weighted by molar-refractivity contribution is -0.337. The molecule has 5 aliphatic rings. The van der Waals surface area contributed by atoms with E-state index in [-0.39, 0.29) is 18.6 Å². The molecule has 10 unspecified atom stereocenters. The molecule has 4 fully saturated rings. The second kappa shape index (κ2) is 5.16. The molecule has 1 spiro atoms. The van der Waals surface area contributed by atoms with Gasteiger partial charge in [-0.15, -0.1) is 0 Å². The summed E-state index contributed by atoms with van der Waals surface area (Å²) in [6.45, 7) is 6.62. The van der Waals surface area contributed by atoms with Gasteiger partial charge in [-0.25, -0.2) is 4.79 Å². The van der Waals surface area contributed by atoms with Gasteiger partial charge in [-0.3, -0.25) is 4.79 Å². The highest BCUT2D eigenvalue weighted by Gasteiger charge is 2.87. The van der Waals surface area contributed by atoms with Gasteiger partial charge in [-0.1, -0.05) is 19.1 Å². The van der Waals surface area contributed by atoms with Gasteiger partial charge in [0.05, 0.1) is 12.0 Å². The molecule has 0 aromatic carbocycles. The molecule has 2 bridgehead atoms. The maximum Gasteiger partial charge on any atom is 0.338 e. The highest BCUT2D eigenvalue weighted by molar-refractivity contribution is 5.96. The van der Waals surface area contributed by atoms with E-state index in [0.717, 1.165) is 0 Å². The van der Waals surface area contributed by atoms with Crippen LogP contribution in [0.5, 0.6) is 0 Å². The van der Waals surface area contributed by atoms with Crippen LogP contribution in [0.2, 0.25) is 0 Å². The first-order chi connectivity index (χ1) is 13.4. The molecule has 5 N–H and O–H groups in total. The van der Waals surface area contributed by atoms with E-state index in [0.29, 0.717) is 5.57 Å². The number of ether oxygens (including phenoxy) is 2. The van der Waals surface area contributed by atoms with Crippen molar-refractivity contribution in [3.8, 4) is 0 Å². The van der Waals surface area contributed by atoms with Crippen molar-refractivity contribution in [3.05, 3.63) is 23.8 Å². The molecule has 0 aromatic rings. The van der Waals surface area contributed by atoms with Gasteiger partial charge in [-0.2, -0.15) is 0 Å². The second-order valence-corrected chi connectivity index (χ2v) is 9.38. The predicted molar refractivity (Wildman–Crippen MR) is 93.8 cm³/mol. The normalized spacial score (nSPS) is 58.3. The van der Waals surface area contributed by atoms with Crippen molar-refractivity contribution < 1.29 is 44.6 Å². The Kier molecular flexibility index (Phi) is 3.44. The molecule has 9 heteroatoms. The van der Waals surface area contributed by atoms with Crippen LogP contribution in [0.15, 0.2) is 23.8 Å². The highest BCUT2D eigenvalue weighted by Crippen LogP contribution is 2.74. The Morgan fingerprint density at radius 2 is 1.79 bits per heavy atom. The summed E-state index contributed by atoms with van der Waals surface area (Å²) < 4.78 is 11.1. The summed E-state index contributed by atoms with van der Waals surface area (Å²) in [5.41, 5.74) is -5.06. The lowest BCUT2D eigenvalue weighted by atomic mass is 9.37. The summed E-state index contributed by atoms with van der Waals surface area (Å²) in [5, 5.41) is 55.7. The molecule has 2 saturated heterocycles. The number of allylic oxidation sites excluding steroid dienone is 1. The van der Waals surface area contributed by atoms with Gasteiger partial charge in [0, 0.05) is 11.3 Å². The Morgan fingerprint density at radius 3 is 2.45 bits per heavy atom. The second-order valence-electron chi connectivity index (χ2n) is 9.38. The van der Waals surface area contributed by atoms with Crippen molar-refractivity contribution in [2.75, 3.05) is 6.61 Å². The number of hydrogen-bond donors (Lipinski definition) is 5. The molecule has 0 amide bonds. The van der Waals surface area contributed by atoms with Crippen molar-refractivity contribution >= 4 is 11.8 Å². The van der Waals surface area contributed by atoms with Gasteiger partial charge >= 0.3 is 5.97 Å². The maximum absolute atomic E-state index is 12.5. The molecule has 2 heterocycles. The number of hydrogen-bond acceptors (Lipinski definition) is 9. The van der Waals surface area contributed by atoms with E-state index in [1.165, 1.54) is 6.08 Å². The van der Waals surface area contributed by atoms with Crippen LogP contribution < -0.4 is 0 Å². The van der Waals surface area contributed by atoms with E-state index in [4.69, 9.17) is 9.47 Å². The third-order valence-electron chi connectivity index (χ3n) is 8.44. The number of carbonyl (C=O) groups excluding carboxylic acids is 2. The van der Waals surface area contributed by atoms with Gasteiger partial charge in [0.2, 0.25) is 5.79 Å². The van der Waals surface area contributed by atoms with Gasteiger partial charge in [0.1, 0.15) is 23.9 Å². The summed E-state index contributed by atoms with van der Waals surface area (Å²) in [6.07, 6.45) is -5.01. The summed E-state index contributed by atoms with van der Waals surface area (Å²) >= 11 is 0. The summed E-state index contributed by atoms with van der Waals surface area (Å²) in [7, 11) is 0. The molecule has 158 valence electrons. The van der Waals surface area contributed by atoms with E-state index < -0.39 is 70.2 Å². The lowest BCUT2D eigenvalue weighted by Gasteiger charge is -2.69. The Morgan fingerprint density at radius 1 is 1.14 bits per heavy atom. The number of fused-ring (bicyclic) bond motifs is 1. The molecule has 2 saturated carbocycles. The smallest absolute Gasteiger partial charge is 0.338 e. The van der Waals surface area contributed by atoms with Crippen LogP contribution in [0.25, 0.3) is 0 Å². The van der Waals surface area contributed by atoms with E-state index >= 15 is 0 Å². The fourth-order valence-corrected chi connectivity index (χ4v) is 7.19. The zero-order chi connectivity index (χ0) is 21.3. The fourth-order valence-electron chi connectivity index (χ4n) is 7.19. The molecule has 0 aromatic heterocycles. The largest absolute Gasteiger partial charge is 0.460 e. The van der Waals surface area contributed by atoms with Crippen molar-refractivity contribution in [1.29, 1.82) is 0 Å². The maximum atomic E-state index is 12.5. The molecule has 9 nitrogen and oxygen atoms in total. The molecule has 0 radical (unpaired) electrons. The Bertz CT molecular complexity index is 896. The van der Waals surface area contributed by atoms with Crippen LogP contribution in [0.4, 0.5) is 0 Å². The van der Waals surface area contributed by atoms with Crippen LogP contribution in [0, 0.1) is 22.7 Å². The topological polar surface area (TPSA) is 154 Å². The molecule has 10 atom stereocenters. The van der Waals surface area contributed by atoms with Crippen molar-refractivity contribution in [2.45, 2.75) is 56.1 Å². The van der Waals surface area contributed by atoms with Crippen molar-refractivity contribution in [2.24, 2.45) is 22.7 Å². The van der Waals surface area contributed by atoms with Gasteiger partial charge in [0.25, 0.3) is 0 Å². The molecule has 29 heavy (non-hydrogen) atoms. The SMILES string of the molecule is C=C1C(O)C2(O)OCC34C(CC5C(C)=CC(=O)C(O)C5(C)C23)OC(=O)C(O)C14O. The number of ketones is 1. The zero-order valence-electron chi connectivity index (χ0n) is 16.0. The minimum absolute atomic E-state index is 0.142. The van der Waals surface area contributed by atoms with Gasteiger partial charge < -0.3 is 35.0 Å². The number of esters is 1. The van der Waals surface area contributed by atoms with Gasteiger partial charge in [-0.05, 0) is 30.9 Å². The third kappa shape index (κ3) is 1.69. The highest BCUT2D eigenvalue weighted by atomic mass is 16.7. The Labute approximate surface area is 166 Å². The number of rotatable bonds is 0. The number of aliphatic hydroxyl groups is 5. The first-order valence-electron chi connectivity index (χ1n) is 9.63. The molecular formula is C20H24O9. The standard InChI is InChI=1S/C20H24O9/c1-7-4-10(21)13(23)17(3)9(7)5-11-18-6-28-20(27,16(17)18)12(22)8(2)19(18,26)14(24)15(25)29-11/h4,9,11-14,16,22-24,26-27H,2,5-6H2,1,3H3. The monoisotopic (exact) mass is 408 g/mol. The van der Waals surface area contributed by atoms with E-state index in [1.807, 2.05) is 0 Å².